The van der Waals surface area contributed by atoms with Gasteiger partial charge >= 0.3 is 11.9 Å². The highest BCUT2D eigenvalue weighted by atomic mass is 16.5. The molecule has 140 valence electrons. The van der Waals surface area contributed by atoms with Crippen molar-refractivity contribution < 1.29 is 18.5 Å². The Kier molecular flexibility index (Phi) is 4.02. The number of hydrogen-bond acceptors (Lipinski definition) is 7. The lowest BCUT2D eigenvalue weighted by molar-refractivity contribution is -0.562. The molecular weight excluding hydrogens is 350 g/mol. The van der Waals surface area contributed by atoms with Crippen LogP contribution >= 0.6 is 0 Å². The summed E-state index contributed by atoms with van der Waals surface area (Å²) in [6, 6.07) is 2.97. The lowest BCUT2D eigenvalue weighted by Gasteiger charge is -2.16. The van der Waals surface area contributed by atoms with Gasteiger partial charge < -0.3 is 14.9 Å². The Balaban J connectivity index is 1.91. The number of esters is 1. The molecule has 4 aromatic heterocycles. The van der Waals surface area contributed by atoms with Crippen LogP contribution < -0.4 is 10.2 Å². The number of hydrogen-bond donors (Lipinski definition) is 2. The van der Waals surface area contributed by atoms with E-state index in [9.17, 15) is 4.79 Å². The molecule has 0 aromatic carbocycles. The molecule has 0 fully saturated rings. The first-order chi connectivity index (χ1) is 13.0. The summed E-state index contributed by atoms with van der Waals surface area (Å²) in [7, 11) is 1.36. The molecule has 0 aliphatic carbocycles. The molecule has 10 heteroatoms. The topological polar surface area (TPSA) is 129 Å². The van der Waals surface area contributed by atoms with Gasteiger partial charge in [-0.25, -0.2) is 14.6 Å². The molecule has 0 saturated heterocycles. The molecule has 0 saturated carbocycles. The second-order valence-electron chi connectivity index (χ2n) is 6.67. The first-order valence-electron chi connectivity index (χ1n) is 8.55. The SMILES string of the molecule is COC(=O)C(CC(C)C)n1ncc2c1nc(N)[n+]1[nH]c(-c3ccco3)nc21. The van der Waals surface area contributed by atoms with Gasteiger partial charge in [-0.2, -0.15) is 5.10 Å². The number of nitrogens with one attached hydrogen (secondary N) is 1. The Morgan fingerprint density at radius 2 is 2.26 bits per heavy atom. The van der Waals surface area contributed by atoms with Crippen LogP contribution in [0, 0.1) is 5.92 Å². The number of carbonyl (C=O) groups is 1. The van der Waals surface area contributed by atoms with Gasteiger partial charge in [0, 0.05) is 0 Å². The van der Waals surface area contributed by atoms with Crippen molar-refractivity contribution in [1.29, 1.82) is 0 Å². The second-order valence-corrected chi connectivity index (χ2v) is 6.67. The zero-order valence-electron chi connectivity index (χ0n) is 15.2. The van der Waals surface area contributed by atoms with Crippen LogP contribution in [0.1, 0.15) is 26.3 Å². The summed E-state index contributed by atoms with van der Waals surface area (Å²) in [5.74, 6) is 1.17. The number of H-pyrrole nitrogens is 1. The van der Waals surface area contributed by atoms with Crippen LogP contribution in [0.15, 0.2) is 29.0 Å². The van der Waals surface area contributed by atoms with Crippen molar-refractivity contribution >= 4 is 28.6 Å². The van der Waals surface area contributed by atoms with Gasteiger partial charge in [-0.05, 0) is 24.5 Å². The lowest BCUT2D eigenvalue weighted by Crippen LogP contribution is -2.30. The third-order valence-corrected chi connectivity index (χ3v) is 4.32. The molecule has 4 heterocycles. The van der Waals surface area contributed by atoms with E-state index >= 15 is 0 Å². The predicted octanol–water partition coefficient (Wildman–Crippen LogP) is 1.50. The Hall–Kier alpha value is -3.43. The van der Waals surface area contributed by atoms with Crippen LogP contribution in [0.25, 0.3) is 28.3 Å². The van der Waals surface area contributed by atoms with E-state index in [1.165, 1.54) is 7.11 Å². The van der Waals surface area contributed by atoms with Crippen LogP contribution in [0.2, 0.25) is 0 Å². The fourth-order valence-corrected chi connectivity index (χ4v) is 3.10. The maximum absolute atomic E-state index is 12.3. The van der Waals surface area contributed by atoms with Crippen molar-refractivity contribution in [1.82, 2.24) is 24.8 Å². The highest BCUT2D eigenvalue weighted by molar-refractivity contribution is 5.88. The minimum Gasteiger partial charge on any atom is -0.467 e. The third kappa shape index (κ3) is 2.78. The molecule has 4 aromatic rings. The highest BCUT2D eigenvalue weighted by Crippen LogP contribution is 2.25. The van der Waals surface area contributed by atoms with Crippen molar-refractivity contribution in [3.63, 3.8) is 0 Å². The molecule has 0 aliphatic heterocycles. The minimum absolute atomic E-state index is 0.192. The van der Waals surface area contributed by atoms with Gasteiger partial charge in [0.2, 0.25) is 5.65 Å². The van der Waals surface area contributed by atoms with Crippen LogP contribution in [0.3, 0.4) is 0 Å². The summed E-state index contributed by atoms with van der Waals surface area (Å²) in [4.78, 5) is 21.3. The average Bonchev–Trinajstić information content (AvgIpc) is 3.36. The lowest BCUT2D eigenvalue weighted by atomic mass is 10.0. The summed E-state index contributed by atoms with van der Waals surface area (Å²) in [5, 5.41) is 8.11. The van der Waals surface area contributed by atoms with Gasteiger partial charge in [-0.3, -0.25) is 0 Å². The molecule has 3 N–H and O–H groups in total. The number of anilines is 1. The summed E-state index contributed by atoms with van der Waals surface area (Å²) >= 11 is 0. The number of carbonyl (C=O) groups excluding carboxylic acids is 1. The average molecular weight is 370 g/mol. The smallest absolute Gasteiger partial charge is 0.369 e. The van der Waals surface area contributed by atoms with E-state index in [-0.39, 0.29) is 17.8 Å². The minimum atomic E-state index is -0.592. The highest BCUT2D eigenvalue weighted by Gasteiger charge is 2.29. The molecular formula is C17H20N7O3+. The van der Waals surface area contributed by atoms with Crippen LogP contribution in [-0.2, 0) is 9.53 Å². The van der Waals surface area contributed by atoms with Gasteiger partial charge in [-0.1, -0.05) is 18.8 Å². The first-order valence-corrected chi connectivity index (χ1v) is 8.55. The number of methoxy groups -OCH3 is 1. The zero-order valence-corrected chi connectivity index (χ0v) is 15.2. The number of nitrogen functional groups attached to an aromatic ring is 1. The molecule has 0 amide bonds. The fraction of sp³-hybridized carbons (Fsp3) is 0.353. The van der Waals surface area contributed by atoms with E-state index < -0.39 is 6.04 Å². The van der Waals surface area contributed by atoms with Crippen molar-refractivity contribution in [2.24, 2.45) is 5.92 Å². The molecule has 0 bridgehead atoms. The number of fused-ring (bicyclic) bond motifs is 3. The standard InChI is InChI=1S/C17H19N7O3/c1-9(2)7-11(16(25)26-3)23-15-10(8-19-23)14-20-13(12-5-4-6-27-12)22-24(14)17(18)21-15/h4-6,8-9,11H,7H2,1-3H3,(H2,18,19,20,21,22)/p+1. The van der Waals surface area contributed by atoms with E-state index in [0.29, 0.717) is 34.7 Å². The summed E-state index contributed by atoms with van der Waals surface area (Å²) in [6.07, 6.45) is 3.75. The Bertz CT molecular complexity index is 1110. The van der Waals surface area contributed by atoms with Gasteiger partial charge in [0.1, 0.15) is 5.39 Å². The van der Waals surface area contributed by atoms with E-state index in [1.54, 1.807) is 33.8 Å². The summed E-state index contributed by atoms with van der Waals surface area (Å²) < 4.78 is 13.5. The van der Waals surface area contributed by atoms with Gasteiger partial charge in [-0.15, -0.1) is 9.50 Å². The largest absolute Gasteiger partial charge is 0.467 e. The monoisotopic (exact) mass is 370 g/mol. The molecule has 0 aliphatic rings. The normalized spacial score (nSPS) is 12.9. The van der Waals surface area contributed by atoms with Crippen molar-refractivity contribution in [3.05, 3.63) is 24.6 Å². The van der Waals surface area contributed by atoms with Crippen LogP contribution in [0.4, 0.5) is 5.95 Å². The van der Waals surface area contributed by atoms with Crippen molar-refractivity contribution in [2.75, 3.05) is 12.8 Å². The number of aromatic nitrogens is 6. The predicted molar refractivity (Wildman–Crippen MR) is 95.5 cm³/mol. The molecule has 0 spiro atoms. The maximum atomic E-state index is 12.3. The number of rotatable bonds is 5. The number of nitrogens with two attached hydrogens (primary N) is 1. The van der Waals surface area contributed by atoms with Gasteiger partial charge in [0.05, 0.1) is 19.6 Å². The second kappa shape index (κ2) is 6.38. The van der Waals surface area contributed by atoms with E-state index in [1.807, 2.05) is 13.8 Å². The zero-order chi connectivity index (χ0) is 19.1. The van der Waals surface area contributed by atoms with E-state index in [2.05, 4.69) is 20.2 Å². The number of ether oxygens (including phenoxy) is 1. The Labute approximate surface area is 153 Å². The number of aromatic amines is 1. The van der Waals surface area contributed by atoms with Gasteiger partial charge in [0.25, 0.3) is 11.5 Å². The summed E-state index contributed by atoms with van der Waals surface area (Å²) in [6.45, 7) is 4.06. The quantitative estimate of drug-likeness (QED) is 0.402. The van der Waals surface area contributed by atoms with E-state index in [4.69, 9.17) is 14.9 Å². The fourth-order valence-electron chi connectivity index (χ4n) is 3.10. The van der Waals surface area contributed by atoms with E-state index in [0.717, 1.165) is 0 Å². The molecule has 1 unspecified atom stereocenters. The van der Waals surface area contributed by atoms with Crippen molar-refractivity contribution in [2.45, 2.75) is 26.3 Å². The molecule has 4 rings (SSSR count). The van der Waals surface area contributed by atoms with Gasteiger partial charge in [0.15, 0.2) is 11.8 Å². The Morgan fingerprint density at radius 3 is 2.93 bits per heavy atom. The van der Waals surface area contributed by atoms with Crippen molar-refractivity contribution in [3.8, 4) is 11.6 Å². The molecule has 10 nitrogen and oxygen atoms in total. The number of furan rings is 1. The third-order valence-electron chi connectivity index (χ3n) is 4.32. The van der Waals surface area contributed by atoms with Crippen LogP contribution in [0.5, 0.6) is 0 Å². The molecule has 1 atom stereocenters. The molecule has 27 heavy (non-hydrogen) atoms. The Morgan fingerprint density at radius 1 is 1.44 bits per heavy atom. The first kappa shape index (κ1) is 17.0. The van der Waals surface area contributed by atoms with Crippen LogP contribution in [-0.4, -0.2) is 37.9 Å². The maximum Gasteiger partial charge on any atom is 0.369 e. The number of nitrogens with zero attached hydrogens (tertiary/aromatic N) is 5. The summed E-state index contributed by atoms with van der Waals surface area (Å²) in [5.41, 5.74) is 7.14. The molecule has 0 radical (unpaired) electrons.